The van der Waals surface area contributed by atoms with Crippen molar-refractivity contribution in [1.82, 2.24) is 0 Å². The van der Waals surface area contributed by atoms with Gasteiger partial charge in [0.05, 0.1) is 12.7 Å². The van der Waals surface area contributed by atoms with Gasteiger partial charge in [-0.2, -0.15) is 0 Å². The molecule has 2 nitrogen and oxygen atoms in total. The van der Waals surface area contributed by atoms with Gasteiger partial charge in [0.2, 0.25) is 0 Å². The molecular formula is C15H22O2. The van der Waals surface area contributed by atoms with Crippen molar-refractivity contribution in [1.29, 1.82) is 0 Å². The van der Waals surface area contributed by atoms with Gasteiger partial charge in [0.25, 0.3) is 0 Å². The van der Waals surface area contributed by atoms with E-state index in [2.05, 4.69) is 19.9 Å². The first-order valence-corrected chi connectivity index (χ1v) is 6.46. The minimum Gasteiger partial charge on any atom is -0.496 e. The highest BCUT2D eigenvalue weighted by Gasteiger charge is 2.39. The van der Waals surface area contributed by atoms with Crippen molar-refractivity contribution in [3.05, 3.63) is 29.3 Å². The molecule has 1 fully saturated rings. The first kappa shape index (κ1) is 12.4. The summed E-state index contributed by atoms with van der Waals surface area (Å²) in [6, 6.07) is 6.05. The molecule has 1 aromatic rings. The van der Waals surface area contributed by atoms with Crippen molar-refractivity contribution in [2.75, 3.05) is 7.11 Å². The van der Waals surface area contributed by atoms with Crippen LogP contribution in [0.1, 0.15) is 43.7 Å². The van der Waals surface area contributed by atoms with Gasteiger partial charge in [-0.3, -0.25) is 0 Å². The lowest BCUT2D eigenvalue weighted by Gasteiger charge is -2.26. The molecule has 1 N–H and O–H groups in total. The molecule has 0 bridgehead atoms. The summed E-state index contributed by atoms with van der Waals surface area (Å²) in [6.45, 7) is 4.25. The number of benzene rings is 1. The predicted molar refractivity (Wildman–Crippen MR) is 69.3 cm³/mol. The summed E-state index contributed by atoms with van der Waals surface area (Å²) < 4.78 is 5.39. The average Bonchev–Trinajstić information content (AvgIpc) is 2.72. The van der Waals surface area contributed by atoms with Crippen LogP contribution in [-0.4, -0.2) is 12.2 Å². The van der Waals surface area contributed by atoms with Gasteiger partial charge in [0.15, 0.2) is 0 Å². The van der Waals surface area contributed by atoms with E-state index in [4.69, 9.17) is 4.74 Å². The summed E-state index contributed by atoms with van der Waals surface area (Å²) in [7, 11) is 1.67. The van der Waals surface area contributed by atoms with Crippen LogP contribution in [0.5, 0.6) is 5.75 Å². The van der Waals surface area contributed by atoms with E-state index in [1.165, 1.54) is 5.56 Å². The van der Waals surface area contributed by atoms with Gasteiger partial charge in [-0.25, -0.2) is 0 Å². The normalized spacial score (nSPS) is 28.4. The summed E-state index contributed by atoms with van der Waals surface area (Å²) in [4.78, 5) is 0. The summed E-state index contributed by atoms with van der Waals surface area (Å²) in [6.07, 6.45) is 3.98. The Bertz CT molecular complexity index is 400. The van der Waals surface area contributed by atoms with Crippen LogP contribution >= 0.6 is 0 Å². The summed E-state index contributed by atoms with van der Waals surface area (Å²) >= 11 is 0. The minimum absolute atomic E-state index is 0.644. The summed E-state index contributed by atoms with van der Waals surface area (Å²) in [5.41, 5.74) is 1.46. The lowest BCUT2D eigenvalue weighted by molar-refractivity contribution is 0.0373. The Morgan fingerprint density at radius 1 is 1.47 bits per heavy atom. The maximum atomic E-state index is 10.8. The van der Waals surface area contributed by atoms with Crippen LogP contribution in [0.2, 0.25) is 0 Å². The Morgan fingerprint density at radius 2 is 2.24 bits per heavy atom. The van der Waals surface area contributed by atoms with Crippen molar-refractivity contribution in [3.8, 4) is 5.75 Å². The first-order valence-electron chi connectivity index (χ1n) is 6.46. The Hall–Kier alpha value is -1.02. The van der Waals surface area contributed by atoms with E-state index in [1.807, 2.05) is 12.1 Å². The van der Waals surface area contributed by atoms with E-state index >= 15 is 0 Å². The van der Waals surface area contributed by atoms with E-state index in [1.54, 1.807) is 7.11 Å². The molecule has 0 amide bonds. The second-order valence-corrected chi connectivity index (χ2v) is 5.25. The van der Waals surface area contributed by atoms with E-state index in [9.17, 15) is 5.11 Å². The van der Waals surface area contributed by atoms with E-state index in [0.29, 0.717) is 5.92 Å². The van der Waals surface area contributed by atoms with Gasteiger partial charge in [0, 0.05) is 5.56 Å². The maximum absolute atomic E-state index is 10.8. The maximum Gasteiger partial charge on any atom is 0.124 e. The Labute approximate surface area is 104 Å². The third-order valence-corrected chi connectivity index (χ3v) is 4.03. The zero-order chi connectivity index (χ0) is 12.5. The molecule has 0 saturated heterocycles. The topological polar surface area (TPSA) is 29.5 Å². The fourth-order valence-corrected chi connectivity index (χ4v) is 2.90. The van der Waals surface area contributed by atoms with Gasteiger partial charge >= 0.3 is 0 Å². The molecule has 2 unspecified atom stereocenters. The van der Waals surface area contributed by atoms with Crippen molar-refractivity contribution in [2.45, 2.75) is 45.1 Å². The predicted octanol–water partition coefficient (Wildman–Crippen LogP) is 3.40. The SMILES string of the molecule is CCC1CCC(O)(c2cc(C)ccc2OC)C1. The Morgan fingerprint density at radius 3 is 2.82 bits per heavy atom. The molecule has 0 radical (unpaired) electrons. The highest BCUT2D eigenvalue weighted by molar-refractivity contribution is 5.41. The highest BCUT2D eigenvalue weighted by atomic mass is 16.5. The summed E-state index contributed by atoms with van der Waals surface area (Å²) in [5, 5.41) is 10.8. The van der Waals surface area contributed by atoms with E-state index < -0.39 is 5.60 Å². The van der Waals surface area contributed by atoms with Gasteiger partial charge in [0.1, 0.15) is 5.75 Å². The molecule has 94 valence electrons. The van der Waals surface area contributed by atoms with E-state index in [0.717, 1.165) is 37.0 Å². The van der Waals surface area contributed by atoms with Gasteiger partial charge in [-0.05, 0) is 44.2 Å². The smallest absolute Gasteiger partial charge is 0.124 e. The largest absolute Gasteiger partial charge is 0.496 e. The number of aliphatic hydroxyl groups is 1. The van der Waals surface area contributed by atoms with Gasteiger partial charge in [-0.1, -0.05) is 25.0 Å². The number of rotatable bonds is 3. The van der Waals surface area contributed by atoms with Gasteiger partial charge < -0.3 is 9.84 Å². The van der Waals surface area contributed by atoms with Crippen LogP contribution in [0.25, 0.3) is 0 Å². The summed E-state index contributed by atoms with van der Waals surface area (Å²) in [5.74, 6) is 1.46. The molecule has 2 atom stereocenters. The van der Waals surface area contributed by atoms with Crippen molar-refractivity contribution < 1.29 is 9.84 Å². The number of hydrogen-bond donors (Lipinski definition) is 1. The minimum atomic E-state index is -0.683. The standard InChI is InChI=1S/C15H22O2/c1-4-12-7-8-15(16,10-12)13-9-11(2)5-6-14(13)17-3/h5-6,9,12,16H,4,7-8,10H2,1-3H3. The number of methoxy groups -OCH3 is 1. The lowest BCUT2D eigenvalue weighted by atomic mass is 9.89. The zero-order valence-electron chi connectivity index (χ0n) is 11.0. The van der Waals surface area contributed by atoms with Crippen LogP contribution in [0.4, 0.5) is 0 Å². The van der Waals surface area contributed by atoms with Crippen LogP contribution in [0.3, 0.4) is 0 Å². The molecule has 0 heterocycles. The third-order valence-electron chi connectivity index (χ3n) is 4.03. The Balaban J connectivity index is 2.36. The second kappa shape index (κ2) is 4.69. The third kappa shape index (κ3) is 2.32. The van der Waals surface area contributed by atoms with Crippen LogP contribution in [0.15, 0.2) is 18.2 Å². The van der Waals surface area contributed by atoms with Crippen LogP contribution in [0, 0.1) is 12.8 Å². The van der Waals surface area contributed by atoms with Crippen molar-refractivity contribution >= 4 is 0 Å². The molecule has 1 aliphatic carbocycles. The van der Waals surface area contributed by atoms with Crippen molar-refractivity contribution in [2.24, 2.45) is 5.92 Å². The lowest BCUT2D eigenvalue weighted by Crippen LogP contribution is -2.22. The number of ether oxygens (including phenoxy) is 1. The zero-order valence-corrected chi connectivity index (χ0v) is 11.0. The van der Waals surface area contributed by atoms with Crippen LogP contribution < -0.4 is 4.74 Å². The molecule has 0 aromatic heterocycles. The molecule has 1 aliphatic rings. The molecule has 0 spiro atoms. The van der Waals surface area contributed by atoms with Gasteiger partial charge in [-0.15, -0.1) is 0 Å². The molecule has 1 saturated carbocycles. The molecule has 17 heavy (non-hydrogen) atoms. The van der Waals surface area contributed by atoms with Crippen molar-refractivity contribution in [3.63, 3.8) is 0 Å². The fourth-order valence-electron chi connectivity index (χ4n) is 2.90. The molecular weight excluding hydrogens is 212 g/mol. The molecule has 0 aliphatic heterocycles. The molecule has 1 aromatic carbocycles. The van der Waals surface area contributed by atoms with Crippen LogP contribution in [-0.2, 0) is 5.60 Å². The quantitative estimate of drug-likeness (QED) is 0.868. The number of aryl methyl sites for hydroxylation is 1. The number of hydrogen-bond acceptors (Lipinski definition) is 2. The highest BCUT2D eigenvalue weighted by Crippen LogP contribution is 2.46. The monoisotopic (exact) mass is 234 g/mol. The Kier molecular flexibility index (Phi) is 3.43. The van der Waals surface area contributed by atoms with E-state index in [-0.39, 0.29) is 0 Å². The first-order chi connectivity index (χ1) is 8.09. The average molecular weight is 234 g/mol. The second-order valence-electron chi connectivity index (χ2n) is 5.25. The molecule has 2 heteroatoms. The molecule has 2 rings (SSSR count). The fraction of sp³-hybridized carbons (Fsp3) is 0.600.